The van der Waals surface area contributed by atoms with E-state index in [0.29, 0.717) is 12.6 Å². The summed E-state index contributed by atoms with van der Waals surface area (Å²) in [4.78, 5) is 15.7. The van der Waals surface area contributed by atoms with E-state index in [1.807, 2.05) is 49.4 Å². The van der Waals surface area contributed by atoms with E-state index in [-0.39, 0.29) is 0 Å². The van der Waals surface area contributed by atoms with Crippen LogP contribution in [-0.4, -0.2) is 53.6 Å². The van der Waals surface area contributed by atoms with Gasteiger partial charge in [0.25, 0.3) is 0 Å². The summed E-state index contributed by atoms with van der Waals surface area (Å²) < 4.78 is 5.51. The van der Waals surface area contributed by atoms with Crippen molar-refractivity contribution in [3.63, 3.8) is 0 Å². The van der Waals surface area contributed by atoms with E-state index in [9.17, 15) is 0 Å². The smallest absolute Gasteiger partial charge is 0.225 e. The lowest BCUT2D eigenvalue weighted by atomic mass is 10.2. The quantitative estimate of drug-likeness (QED) is 0.504. The summed E-state index contributed by atoms with van der Waals surface area (Å²) in [5.41, 5.74) is 2.69. The van der Waals surface area contributed by atoms with Crippen molar-refractivity contribution in [3.8, 4) is 17.0 Å². The van der Waals surface area contributed by atoms with E-state index in [0.717, 1.165) is 48.0 Å². The van der Waals surface area contributed by atoms with Crippen molar-refractivity contribution >= 4 is 17.5 Å². The van der Waals surface area contributed by atoms with Crippen molar-refractivity contribution in [3.05, 3.63) is 54.9 Å². The second-order valence-electron chi connectivity index (χ2n) is 6.87. The average Bonchev–Trinajstić information content (AvgIpc) is 2.73. The molecule has 0 unspecified atom stereocenters. The molecule has 0 fully saturated rings. The minimum Gasteiger partial charge on any atom is -0.494 e. The van der Waals surface area contributed by atoms with Gasteiger partial charge < -0.3 is 20.3 Å². The highest BCUT2D eigenvalue weighted by molar-refractivity contribution is 5.67. The minimum atomic E-state index is 0.596. The van der Waals surface area contributed by atoms with Crippen molar-refractivity contribution in [2.45, 2.75) is 13.3 Å². The van der Waals surface area contributed by atoms with E-state index in [4.69, 9.17) is 4.74 Å². The molecule has 0 saturated heterocycles. The number of aromatic nitrogens is 3. The van der Waals surface area contributed by atoms with Crippen LogP contribution in [0.15, 0.2) is 54.9 Å². The highest BCUT2D eigenvalue weighted by Crippen LogP contribution is 2.24. The maximum Gasteiger partial charge on any atom is 0.225 e. The summed E-state index contributed by atoms with van der Waals surface area (Å²) >= 11 is 0. The lowest BCUT2D eigenvalue weighted by molar-refractivity contribution is 0.340. The third-order valence-corrected chi connectivity index (χ3v) is 4.19. The molecule has 0 atom stereocenters. The van der Waals surface area contributed by atoms with Crippen LogP contribution in [0.4, 0.5) is 17.5 Å². The predicted octanol–water partition coefficient (Wildman–Crippen LogP) is 4.04. The molecule has 3 rings (SSSR count). The fraction of sp³-hybridized carbons (Fsp3) is 0.318. The molecule has 0 radical (unpaired) electrons. The molecular formula is C22H28N6O. The van der Waals surface area contributed by atoms with Gasteiger partial charge in [-0.15, -0.1) is 0 Å². The number of nitrogens with zero attached hydrogens (tertiary/aromatic N) is 4. The van der Waals surface area contributed by atoms with E-state index < -0.39 is 0 Å². The molecule has 7 nitrogen and oxygen atoms in total. The summed E-state index contributed by atoms with van der Waals surface area (Å²) in [5, 5.41) is 6.69. The first-order chi connectivity index (χ1) is 14.1. The number of rotatable bonds is 10. The second-order valence-corrected chi connectivity index (χ2v) is 6.87. The number of benzene rings is 1. The van der Waals surface area contributed by atoms with Gasteiger partial charge in [-0.3, -0.25) is 4.98 Å². The Morgan fingerprint density at radius 1 is 1.07 bits per heavy atom. The Hall–Kier alpha value is -3.19. The van der Waals surface area contributed by atoms with Crippen molar-refractivity contribution in [2.75, 3.05) is 44.4 Å². The van der Waals surface area contributed by atoms with Crippen LogP contribution < -0.4 is 15.4 Å². The van der Waals surface area contributed by atoms with Gasteiger partial charge in [-0.1, -0.05) is 0 Å². The summed E-state index contributed by atoms with van der Waals surface area (Å²) in [6, 6.07) is 13.7. The molecule has 3 aromatic rings. The Balaban J connectivity index is 1.79. The van der Waals surface area contributed by atoms with Crippen molar-refractivity contribution in [1.82, 2.24) is 19.9 Å². The average molecular weight is 393 g/mol. The highest BCUT2D eigenvalue weighted by Gasteiger charge is 2.08. The van der Waals surface area contributed by atoms with Gasteiger partial charge >= 0.3 is 0 Å². The second kappa shape index (κ2) is 10.4. The number of pyridine rings is 1. The van der Waals surface area contributed by atoms with Crippen LogP contribution in [0.25, 0.3) is 11.3 Å². The molecule has 29 heavy (non-hydrogen) atoms. The van der Waals surface area contributed by atoms with Gasteiger partial charge in [0.15, 0.2) is 0 Å². The largest absolute Gasteiger partial charge is 0.494 e. The zero-order valence-electron chi connectivity index (χ0n) is 17.2. The molecule has 0 spiro atoms. The van der Waals surface area contributed by atoms with Crippen molar-refractivity contribution in [2.24, 2.45) is 0 Å². The molecule has 0 aliphatic rings. The molecular weight excluding hydrogens is 364 g/mol. The first-order valence-corrected chi connectivity index (χ1v) is 9.82. The van der Waals surface area contributed by atoms with Crippen molar-refractivity contribution in [1.29, 1.82) is 0 Å². The Labute approximate surface area is 172 Å². The van der Waals surface area contributed by atoms with E-state index >= 15 is 0 Å². The van der Waals surface area contributed by atoms with Crippen LogP contribution in [0, 0.1) is 0 Å². The standard InChI is InChI=1S/C22H28N6O/c1-4-29-19-10-8-18(9-11-19)25-21-15-20(17-7-5-12-23-16-17)26-22(27-21)24-13-6-14-28(2)3/h5,7-12,15-16H,4,6,13-14H2,1-3H3,(H2,24,25,26,27). The SMILES string of the molecule is CCOc1ccc(Nc2cc(-c3cccnc3)nc(NCCCN(C)C)n2)cc1. The number of anilines is 3. The third-order valence-electron chi connectivity index (χ3n) is 4.19. The van der Waals surface area contributed by atoms with Crippen LogP contribution in [0.5, 0.6) is 5.75 Å². The van der Waals surface area contributed by atoms with Gasteiger partial charge in [0.1, 0.15) is 11.6 Å². The van der Waals surface area contributed by atoms with Gasteiger partial charge in [0.05, 0.1) is 12.3 Å². The van der Waals surface area contributed by atoms with E-state index in [1.54, 1.807) is 12.4 Å². The Morgan fingerprint density at radius 3 is 2.59 bits per heavy atom. The molecule has 0 aliphatic carbocycles. The van der Waals surface area contributed by atoms with Crippen LogP contribution >= 0.6 is 0 Å². The van der Waals surface area contributed by atoms with E-state index in [1.165, 1.54) is 0 Å². The number of hydrogen-bond donors (Lipinski definition) is 2. The topological polar surface area (TPSA) is 75.2 Å². The number of nitrogens with one attached hydrogen (secondary N) is 2. The molecule has 0 amide bonds. The van der Waals surface area contributed by atoms with Crippen LogP contribution in [0.3, 0.4) is 0 Å². The number of hydrogen-bond acceptors (Lipinski definition) is 7. The van der Waals surface area contributed by atoms with Crippen LogP contribution in [-0.2, 0) is 0 Å². The molecule has 2 aromatic heterocycles. The summed E-state index contributed by atoms with van der Waals surface area (Å²) in [7, 11) is 4.14. The fourth-order valence-electron chi connectivity index (χ4n) is 2.80. The molecule has 2 heterocycles. The monoisotopic (exact) mass is 392 g/mol. The lowest BCUT2D eigenvalue weighted by Gasteiger charge is -2.13. The molecule has 0 bridgehead atoms. The highest BCUT2D eigenvalue weighted by atomic mass is 16.5. The normalized spacial score (nSPS) is 10.8. The van der Waals surface area contributed by atoms with Crippen molar-refractivity contribution < 1.29 is 4.74 Å². The molecule has 2 N–H and O–H groups in total. The third kappa shape index (κ3) is 6.43. The Bertz CT molecular complexity index is 884. The summed E-state index contributed by atoms with van der Waals surface area (Å²) in [6.07, 6.45) is 4.57. The zero-order chi connectivity index (χ0) is 20.5. The maximum absolute atomic E-state index is 5.51. The predicted molar refractivity (Wildman–Crippen MR) is 118 cm³/mol. The van der Waals surface area contributed by atoms with Gasteiger partial charge in [-0.2, -0.15) is 4.98 Å². The first-order valence-electron chi connectivity index (χ1n) is 9.82. The van der Waals surface area contributed by atoms with Crippen LogP contribution in [0.2, 0.25) is 0 Å². The van der Waals surface area contributed by atoms with Gasteiger partial charge in [-0.25, -0.2) is 4.98 Å². The van der Waals surface area contributed by atoms with E-state index in [2.05, 4.69) is 44.6 Å². The summed E-state index contributed by atoms with van der Waals surface area (Å²) in [5.74, 6) is 2.16. The van der Waals surface area contributed by atoms with Crippen LogP contribution in [0.1, 0.15) is 13.3 Å². The van der Waals surface area contributed by atoms with Gasteiger partial charge in [0.2, 0.25) is 5.95 Å². The molecule has 152 valence electrons. The summed E-state index contributed by atoms with van der Waals surface area (Å²) in [6.45, 7) is 4.43. The molecule has 7 heteroatoms. The fourth-order valence-corrected chi connectivity index (χ4v) is 2.80. The zero-order valence-corrected chi connectivity index (χ0v) is 17.2. The minimum absolute atomic E-state index is 0.596. The molecule has 1 aromatic carbocycles. The molecule has 0 saturated carbocycles. The Kier molecular flexibility index (Phi) is 7.35. The lowest BCUT2D eigenvalue weighted by Crippen LogP contribution is -2.17. The van der Waals surface area contributed by atoms with Gasteiger partial charge in [0, 0.05) is 36.3 Å². The molecule has 0 aliphatic heterocycles. The number of ether oxygens (including phenoxy) is 1. The first kappa shape index (κ1) is 20.5. The maximum atomic E-state index is 5.51. The van der Waals surface area contributed by atoms with Gasteiger partial charge in [-0.05, 0) is 70.4 Å². The Morgan fingerprint density at radius 2 is 1.90 bits per heavy atom.